The molecule has 1 N–H and O–H groups in total. The molecule has 0 fully saturated rings. The Kier molecular flexibility index (Phi) is 3.33. The van der Waals surface area contributed by atoms with Crippen LogP contribution in [0.3, 0.4) is 0 Å². The summed E-state index contributed by atoms with van der Waals surface area (Å²) in [4.78, 5) is 3.55. The Bertz CT molecular complexity index is 2070. The first kappa shape index (κ1) is 18.0. The molecule has 0 saturated heterocycles. The predicted octanol–water partition coefficient (Wildman–Crippen LogP) is 8.63. The lowest BCUT2D eigenvalue weighted by atomic mass is 10.1. The molecule has 3 nitrogen and oxygen atoms in total. The molecule has 0 amide bonds. The second-order valence-corrected chi connectivity index (χ2v) is 9.17. The smallest absolute Gasteiger partial charge is 0.160 e. The summed E-state index contributed by atoms with van der Waals surface area (Å²) in [6, 6.07) is 34.6. The van der Waals surface area contributed by atoms with Gasteiger partial charge in [0.2, 0.25) is 0 Å². The van der Waals surface area contributed by atoms with Gasteiger partial charge < -0.3 is 14.0 Å². The minimum absolute atomic E-state index is 0.933. The molecular weight excluding hydrogens is 416 g/mol. The molecule has 160 valence electrons. The molecule has 3 aromatic heterocycles. The van der Waals surface area contributed by atoms with Gasteiger partial charge in [0.05, 0.1) is 21.9 Å². The zero-order valence-corrected chi connectivity index (χ0v) is 18.6. The maximum atomic E-state index is 6.83. The number of hydrogen-bond donors (Lipinski definition) is 1. The number of rotatable bonds is 1. The SMILES string of the molecule is Cc1ccc2c(c1)c1ccc3c4ccc5[nH]c6ccccc6c5c4oc3c1n2-c1ccccc1. The van der Waals surface area contributed by atoms with Gasteiger partial charge in [-0.2, -0.15) is 0 Å². The van der Waals surface area contributed by atoms with Crippen LogP contribution in [-0.4, -0.2) is 9.55 Å². The molecule has 5 aromatic carbocycles. The summed E-state index contributed by atoms with van der Waals surface area (Å²) in [5, 5.41) is 7.10. The molecule has 0 aliphatic rings. The Morgan fingerprint density at radius 2 is 1.38 bits per heavy atom. The highest BCUT2D eigenvalue weighted by atomic mass is 16.3. The number of benzene rings is 5. The molecule has 0 aliphatic carbocycles. The molecule has 8 rings (SSSR count). The van der Waals surface area contributed by atoms with Crippen molar-refractivity contribution in [2.45, 2.75) is 6.92 Å². The van der Waals surface area contributed by atoms with E-state index in [4.69, 9.17) is 4.42 Å². The summed E-state index contributed by atoms with van der Waals surface area (Å²) in [7, 11) is 0. The molecule has 0 radical (unpaired) electrons. The molecule has 0 bridgehead atoms. The monoisotopic (exact) mass is 436 g/mol. The van der Waals surface area contributed by atoms with E-state index in [0.717, 1.165) is 49.6 Å². The fourth-order valence-electron chi connectivity index (χ4n) is 5.68. The maximum absolute atomic E-state index is 6.83. The summed E-state index contributed by atoms with van der Waals surface area (Å²) >= 11 is 0. The molecule has 8 aromatic rings. The van der Waals surface area contributed by atoms with Crippen molar-refractivity contribution in [1.29, 1.82) is 0 Å². The normalized spacial score (nSPS) is 12.3. The number of aromatic amines is 1. The summed E-state index contributed by atoms with van der Waals surface area (Å²) in [5.41, 5.74) is 8.81. The van der Waals surface area contributed by atoms with Gasteiger partial charge >= 0.3 is 0 Å². The predicted molar refractivity (Wildman–Crippen MR) is 142 cm³/mol. The second kappa shape index (κ2) is 6.30. The van der Waals surface area contributed by atoms with Gasteiger partial charge in [-0.05, 0) is 55.5 Å². The number of nitrogens with zero attached hydrogens (tertiary/aromatic N) is 1. The van der Waals surface area contributed by atoms with Gasteiger partial charge in [-0.1, -0.05) is 54.1 Å². The molecule has 34 heavy (non-hydrogen) atoms. The Balaban J connectivity index is 1.63. The van der Waals surface area contributed by atoms with E-state index in [1.807, 2.05) is 0 Å². The molecule has 0 aliphatic heterocycles. The summed E-state index contributed by atoms with van der Waals surface area (Å²) in [6.07, 6.45) is 0. The third kappa shape index (κ3) is 2.21. The fraction of sp³-hybridized carbons (Fsp3) is 0.0323. The summed E-state index contributed by atoms with van der Waals surface area (Å²) < 4.78 is 9.18. The first-order valence-corrected chi connectivity index (χ1v) is 11.6. The van der Waals surface area contributed by atoms with Crippen molar-refractivity contribution in [2.75, 3.05) is 0 Å². The van der Waals surface area contributed by atoms with Crippen molar-refractivity contribution in [1.82, 2.24) is 9.55 Å². The van der Waals surface area contributed by atoms with E-state index < -0.39 is 0 Å². The Hall–Kier alpha value is -4.50. The Labute approximate surface area is 194 Å². The van der Waals surface area contributed by atoms with Crippen molar-refractivity contribution in [3.63, 3.8) is 0 Å². The van der Waals surface area contributed by atoms with E-state index in [1.54, 1.807) is 0 Å². The first-order chi connectivity index (χ1) is 16.8. The zero-order valence-electron chi connectivity index (χ0n) is 18.6. The Morgan fingerprint density at radius 3 is 2.29 bits per heavy atom. The van der Waals surface area contributed by atoms with Crippen molar-refractivity contribution >= 4 is 65.6 Å². The highest BCUT2D eigenvalue weighted by Gasteiger charge is 2.20. The van der Waals surface area contributed by atoms with Gasteiger partial charge in [0, 0.05) is 38.1 Å². The largest absolute Gasteiger partial charge is 0.453 e. The number of aromatic nitrogens is 2. The molecule has 0 atom stereocenters. The highest BCUT2D eigenvalue weighted by Crippen LogP contribution is 2.43. The van der Waals surface area contributed by atoms with Gasteiger partial charge in [0.1, 0.15) is 5.58 Å². The second-order valence-electron chi connectivity index (χ2n) is 9.17. The lowest BCUT2D eigenvalue weighted by molar-refractivity contribution is 0.675. The van der Waals surface area contributed by atoms with Crippen molar-refractivity contribution in [3.05, 3.63) is 103 Å². The number of aryl methyl sites for hydroxylation is 1. The van der Waals surface area contributed by atoms with Gasteiger partial charge in [-0.25, -0.2) is 0 Å². The third-order valence-electron chi connectivity index (χ3n) is 7.17. The van der Waals surface area contributed by atoms with Crippen LogP contribution in [0.2, 0.25) is 0 Å². The van der Waals surface area contributed by atoms with Crippen LogP contribution in [0.25, 0.3) is 71.2 Å². The van der Waals surface area contributed by atoms with Gasteiger partial charge in [-0.3, -0.25) is 0 Å². The lowest BCUT2D eigenvalue weighted by Crippen LogP contribution is -1.93. The molecule has 0 saturated carbocycles. The molecule has 0 spiro atoms. The van der Waals surface area contributed by atoms with Crippen LogP contribution in [0.4, 0.5) is 0 Å². The maximum Gasteiger partial charge on any atom is 0.160 e. The van der Waals surface area contributed by atoms with E-state index in [1.165, 1.54) is 27.2 Å². The van der Waals surface area contributed by atoms with E-state index in [-0.39, 0.29) is 0 Å². The van der Waals surface area contributed by atoms with Crippen molar-refractivity contribution in [2.24, 2.45) is 0 Å². The Morgan fingerprint density at radius 1 is 0.618 bits per heavy atom. The lowest BCUT2D eigenvalue weighted by Gasteiger charge is -2.07. The van der Waals surface area contributed by atoms with Gasteiger partial charge in [0.15, 0.2) is 5.58 Å². The molecule has 3 heteroatoms. The van der Waals surface area contributed by atoms with E-state index in [0.29, 0.717) is 0 Å². The summed E-state index contributed by atoms with van der Waals surface area (Å²) in [6.45, 7) is 2.15. The van der Waals surface area contributed by atoms with Crippen LogP contribution in [0.15, 0.2) is 101 Å². The number of nitrogens with one attached hydrogen (secondary N) is 1. The fourth-order valence-corrected chi connectivity index (χ4v) is 5.68. The molecule has 0 unspecified atom stereocenters. The van der Waals surface area contributed by atoms with E-state index >= 15 is 0 Å². The molecular formula is C31H20N2O. The minimum atomic E-state index is 0.933. The van der Waals surface area contributed by atoms with Crippen LogP contribution >= 0.6 is 0 Å². The average Bonchev–Trinajstić information content (AvgIpc) is 3.53. The minimum Gasteiger partial charge on any atom is -0.453 e. The molecule has 3 heterocycles. The number of para-hydroxylation sites is 2. The van der Waals surface area contributed by atoms with E-state index in [9.17, 15) is 0 Å². The van der Waals surface area contributed by atoms with Gasteiger partial charge in [-0.15, -0.1) is 0 Å². The van der Waals surface area contributed by atoms with Crippen LogP contribution in [-0.2, 0) is 0 Å². The van der Waals surface area contributed by atoms with Crippen LogP contribution < -0.4 is 0 Å². The van der Waals surface area contributed by atoms with Crippen LogP contribution in [0.1, 0.15) is 5.56 Å². The number of fused-ring (bicyclic) bond motifs is 11. The quantitative estimate of drug-likeness (QED) is 0.274. The first-order valence-electron chi connectivity index (χ1n) is 11.6. The number of H-pyrrole nitrogens is 1. The van der Waals surface area contributed by atoms with Gasteiger partial charge in [0.25, 0.3) is 0 Å². The van der Waals surface area contributed by atoms with Crippen molar-refractivity contribution < 1.29 is 4.42 Å². The average molecular weight is 437 g/mol. The summed E-state index contributed by atoms with van der Waals surface area (Å²) in [5.74, 6) is 0. The van der Waals surface area contributed by atoms with E-state index in [2.05, 4.69) is 114 Å². The third-order valence-corrected chi connectivity index (χ3v) is 7.17. The van der Waals surface area contributed by atoms with Crippen LogP contribution in [0.5, 0.6) is 0 Å². The van der Waals surface area contributed by atoms with Crippen LogP contribution in [0, 0.1) is 6.92 Å². The highest BCUT2D eigenvalue weighted by molar-refractivity contribution is 6.27. The number of hydrogen-bond acceptors (Lipinski definition) is 1. The zero-order chi connectivity index (χ0) is 22.4. The van der Waals surface area contributed by atoms with Crippen molar-refractivity contribution in [3.8, 4) is 5.69 Å². The topological polar surface area (TPSA) is 33.9 Å². The standard InChI is InChI=1S/C31H20N2O/c1-18-11-16-27-24(17-18)20-12-13-22-21-14-15-26-28(23-9-5-6-10-25(23)32-26)30(21)34-31(22)29(20)33(27)19-7-3-2-4-8-19/h2-17,32H,1H3. The number of furan rings is 1.